The number of hydrogen-bond donors (Lipinski definition) is 1. The van der Waals surface area contributed by atoms with Crippen LogP contribution in [0.1, 0.15) is 17.3 Å². The number of amides is 1. The molecule has 0 saturated carbocycles. The zero-order valence-corrected chi connectivity index (χ0v) is 20.0. The summed E-state index contributed by atoms with van der Waals surface area (Å²) in [4.78, 5) is 37.1. The Morgan fingerprint density at radius 2 is 1.64 bits per heavy atom. The molecule has 1 aromatic heterocycles. The van der Waals surface area contributed by atoms with E-state index in [4.69, 9.17) is 23.4 Å². The SMILES string of the molecule is COc1cccc(-c2cc(C(=O)Nc3cc4ccc(OC(C)=O)c(OC)c4oc3=O)ccc2OC)c1. The van der Waals surface area contributed by atoms with E-state index in [0.29, 0.717) is 28.0 Å². The van der Waals surface area contributed by atoms with Gasteiger partial charge in [-0.15, -0.1) is 0 Å². The van der Waals surface area contributed by atoms with Gasteiger partial charge in [-0.2, -0.15) is 0 Å². The summed E-state index contributed by atoms with van der Waals surface area (Å²) < 4.78 is 26.6. The summed E-state index contributed by atoms with van der Waals surface area (Å²) in [7, 11) is 4.48. The predicted octanol–water partition coefficient (Wildman–Crippen LogP) is 4.66. The van der Waals surface area contributed by atoms with Gasteiger partial charge in [0.25, 0.3) is 5.91 Å². The molecular formula is C27H23NO8. The third-order valence-electron chi connectivity index (χ3n) is 5.37. The fraction of sp³-hybridized carbons (Fsp3) is 0.148. The Bertz CT molecular complexity index is 1520. The molecule has 9 nitrogen and oxygen atoms in total. The third kappa shape index (κ3) is 4.85. The minimum atomic E-state index is -0.796. The van der Waals surface area contributed by atoms with Gasteiger partial charge in [0.2, 0.25) is 5.75 Å². The molecule has 0 radical (unpaired) electrons. The number of nitrogens with one attached hydrogen (secondary N) is 1. The maximum atomic E-state index is 13.1. The molecule has 0 unspecified atom stereocenters. The van der Waals surface area contributed by atoms with Crippen molar-refractivity contribution >= 4 is 28.5 Å². The van der Waals surface area contributed by atoms with Crippen LogP contribution in [-0.2, 0) is 4.79 Å². The van der Waals surface area contributed by atoms with Crippen molar-refractivity contribution in [2.75, 3.05) is 26.6 Å². The molecule has 184 valence electrons. The summed E-state index contributed by atoms with van der Waals surface area (Å²) in [6.45, 7) is 1.25. The second-order valence-corrected chi connectivity index (χ2v) is 7.66. The molecule has 0 aliphatic heterocycles. The zero-order chi connectivity index (χ0) is 25.8. The highest BCUT2D eigenvalue weighted by Crippen LogP contribution is 2.36. The largest absolute Gasteiger partial charge is 0.497 e. The average molecular weight is 489 g/mol. The molecule has 1 amide bonds. The summed E-state index contributed by atoms with van der Waals surface area (Å²) in [5.41, 5.74) is 1.00. The first-order valence-electron chi connectivity index (χ1n) is 10.8. The van der Waals surface area contributed by atoms with Gasteiger partial charge < -0.3 is 28.7 Å². The summed E-state index contributed by atoms with van der Waals surface area (Å²) in [6.07, 6.45) is 0. The summed E-state index contributed by atoms with van der Waals surface area (Å²) in [5.74, 6) is 0.367. The van der Waals surface area contributed by atoms with E-state index in [0.717, 1.165) is 5.56 Å². The zero-order valence-electron chi connectivity index (χ0n) is 20.0. The van der Waals surface area contributed by atoms with Crippen molar-refractivity contribution in [3.8, 4) is 34.1 Å². The third-order valence-corrected chi connectivity index (χ3v) is 5.37. The molecule has 0 saturated heterocycles. The predicted molar refractivity (Wildman–Crippen MR) is 133 cm³/mol. The van der Waals surface area contributed by atoms with Crippen LogP contribution in [-0.4, -0.2) is 33.2 Å². The highest BCUT2D eigenvalue weighted by Gasteiger charge is 2.18. The summed E-state index contributed by atoms with van der Waals surface area (Å²) >= 11 is 0. The van der Waals surface area contributed by atoms with Crippen molar-refractivity contribution in [2.24, 2.45) is 0 Å². The minimum absolute atomic E-state index is 0.0615. The standard InChI is InChI=1S/C27H23NO8/c1-15(29)35-23-11-8-17-14-21(27(31)36-24(17)25(23)34-4)28-26(30)18-9-10-22(33-3)20(13-18)16-6-5-7-19(12-16)32-2/h5-14H,1-4H3,(H,28,30). The highest BCUT2D eigenvalue weighted by atomic mass is 16.6. The van der Waals surface area contributed by atoms with Gasteiger partial charge in [-0.1, -0.05) is 12.1 Å². The maximum absolute atomic E-state index is 13.1. The van der Waals surface area contributed by atoms with Gasteiger partial charge in [0.1, 0.15) is 17.2 Å². The van der Waals surface area contributed by atoms with Crippen LogP contribution in [0.15, 0.2) is 69.9 Å². The van der Waals surface area contributed by atoms with Crippen LogP contribution >= 0.6 is 0 Å². The van der Waals surface area contributed by atoms with Gasteiger partial charge >= 0.3 is 11.6 Å². The molecule has 0 atom stereocenters. The molecule has 1 heterocycles. The number of benzene rings is 3. The van der Waals surface area contributed by atoms with Crippen LogP contribution in [0.3, 0.4) is 0 Å². The number of esters is 1. The molecule has 0 bridgehead atoms. The Hall–Kier alpha value is -4.79. The van der Waals surface area contributed by atoms with Crippen molar-refractivity contribution in [1.82, 2.24) is 0 Å². The molecule has 1 N–H and O–H groups in total. The second-order valence-electron chi connectivity index (χ2n) is 7.66. The Kier molecular flexibility index (Phi) is 6.91. The summed E-state index contributed by atoms with van der Waals surface area (Å²) in [5, 5.41) is 3.07. The smallest absolute Gasteiger partial charge is 0.360 e. The fourth-order valence-electron chi connectivity index (χ4n) is 3.72. The number of methoxy groups -OCH3 is 3. The van der Waals surface area contributed by atoms with Gasteiger partial charge in [0, 0.05) is 23.4 Å². The van der Waals surface area contributed by atoms with E-state index in [1.54, 1.807) is 38.5 Å². The lowest BCUT2D eigenvalue weighted by Gasteiger charge is -2.13. The van der Waals surface area contributed by atoms with Gasteiger partial charge in [-0.3, -0.25) is 9.59 Å². The molecule has 9 heteroatoms. The fourth-order valence-corrected chi connectivity index (χ4v) is 3.72. The first kappa shape index (κ1) is 24.3. The Morgan fingerprint density at radius 3 is 2.33 bits per heavy atom. The number of anilines is 1. The van der Waals surface area contributed by atoms with Crippen LogP contribution < -0.4 is 29.9 Å². The Labute approximate surface area is 206 Å². The molecule has 0 aliphatic carbocycles. The van der Waals surface area contributed by atoms with E-state index < -0.39 is 17.5 Å². The first-order chi connectivity index (χ1) is 17.3. The van der Waals surface area contributed by atoms with Crippen LogP contribution in [0, 0.1) is 0 Å². The molecule has 4 aromatic rings. The Balaban J connectivity index is 1.69. The molecule has 3 aromatic carbocycles. The summed E-state index contributed by atoms with van der Waals surface area (Å²) in [6, 6.07) is 16.8. The van der Waals surface area contributed by atoms with Crippen LogP contribution in [0.2, 0.25) is 0 Å². The number of carbonyl (C=O) groups excluding carboxylic acids is 2. The van der Waals surface area contributed by atoms with Gasteiger partial charge in [-0.05, 0) is 54.1 Å². The Morgan fingerprint density at radius 1 is 0.861 bits per heavy atom. The van der Waals surface area contributed by atoms with Gasteiger partial charge in [0.05, 0.1) is 21.3 Å². The molecule has 0 aliphatic rings. The van der Waals surface area contributed by atoms with Crippen molar-refractivity contribution in [3.63, 3.8) is 0 Å². The van der Waals surface area contributed by atoms with Crippen molar-refractivity contribution in [2.45, 2.75) is 6.92 Å². The van der Waals surface area contributed by atoms with Crippen molar-refractivity contribution in [3.05, 3.63) is 76.6 Å². The van der Waals surface area contributed by atoms with E-state index >= 15 is 0 Å². The van der Waals surface area contributed by atoms with Gasteiger partial charge in [-0.25, -0.2) is 4.79 Å². The maximum Gasteiger partial charge on any atom is 0.360 e. The lowest BCUT2D eigenvalue weighted by Crippen LogP contribution is -2.18. The monoisotopic (exact) mass is 489 g/mol. The highest BCUT2D eigenvalue weighted by molar-refractivity contribution is 6.06. The molecule has 4 rings (SSSR count). The van der Waals surface area contributed by atoms with E-state index in [1.165, 1.54) is 26.2 Å². The second kappa shape index (κ2) is 10.2. The van der Waals surface area contributed by atoms with E-state index in [-0.39, 0.29) is 22.8 Å². The lowest BCUT2D eigenvalue weighted by molar-refractivity contribution is -0.132. The number of ether oxygens (including phenoxy) is 4. The molecular weight excluding hydrogens is 466 g/mol. The van der Waals surface area contributed by atoms with Gasteiger partial charge in [0.15, 0.2) is 11.3 Å². The van der Waals surface area contributed by atoms with Crippen LogP contribution in [0.25, 0.3) is 22.1 Å². The topological polar surface area (TPSA) is 113 Å². The lowest BCUT2D eigenvalue weighted by atomic mass is 10.0. The number of carbonyl (C=O) groups is 2. The molecule has 36 heavy (non-hydrogen) atoms. The number of hydrogen-bond acceptors (Lipinski definition) is 8. The van der Waals surface area contributed by atoms with Crippen LogP contribution in [0.5, 0.6) is 23.0 Å². The van der Waals surface area contributed by atoms with E-state index in [2.05, 4.69) is 5.32 Å². The van der Waals surface area contributed by atoms with Crippen molar-refractivity contribution in [1.29, 1.82) is 0 Å². The van der Waals surface area contributed by atoms with E-state index in [1.807, 2.05) is 24.3 Å². The quantitative estimate of drug-likeness (QED) is 0.227. The minimum Gasteiger partial charge on any atom is -0.497 e. The number of rotatable bonds is 7. The molecule has 0 spiro atoms. The normalized spacial score (nSPS) is 10.6. The average Bonchev–Trinajstić information content (AvgIpc) is 2.88. The number of fused-ring (bicyclic) bond motifs is 1. The first-order valence-corrected chi connectivity index (χ1v) is 10.8. The molecule has 0 fully saturated rings. The van der Waals surface area contributed by atoms with E-state index in [9.17, 15) is 14.4 Å². The van der Waals surface area contributed by atoms with Crippen molar-refractivity contribution < 1.29 is 33.0 Å². The van der Waals surface area contributed by atoms with Crippen LogP contribution in [0.4, 0.5) is 5.69 Å².